The highest BCUT2D eigenvalue weighted by Gasteiger charge is 2.01. The summed E-state index contributed by atoms with van der Waals surface area (Å²) in [6, 6.07) is 18.3. The summed E-state index contributed by atoms with van der Waals surface area (Å²) in [4.78, 5) is 1.20. The number of thioether (sulfide) groups is 1. The molecule has 2 nitrogen and oxygen atoms in total. The second-order valence-corrected chi connectivity index (χ2v) is 4.88. The number of ether oxygens (including phenoxy) is 1. The Morgan fingerprint density at radius 2 is 1.72 bits per heavy atom. The molecule has 3 heteroatoms. The summed E-state index contributed by atoms with van der Waals surface area (Å²) in [5, 5.41) is 7.56. The Hall–Kier alpha value is -1.74. The van der Waals surface area contributed by atoms with E-state index in [4.69, 9.17) is 10.1 Å². The molecule has 0 aliphatic carbocycles. The molecule has 0 bridgehead atoms. The highest BCUT2D eigenvalue weighted by molar-refractivity contribution is 7.98. The van der Waals surface area contributed by atoms with Crippen molar-refractivity contribution in [1.82, 2.24) is 0 Å². The monoisotopic (exact) mass is 257 g/mol. The van der Waals surface area contributed by atoms with Gasteiger partial charge in [0.2, 0.25) is 5.90 Å². The van der Waals surface area contributed by atoms with Gasteiger partial charge < -0.3 is 4.74 Å². The van der Waals surface area contributed by atoms with Gasteiger partial charge in [-0.25, -0.2) is 0 Å². The molecule has 18 heavy (non-hydrogen) atoms. The van der Waals surface area contributed by atoms with Crippen molar-refractivity contribution in [3.8, 4) is 0 Å². The Morgan fingerprint density at radius 1 is 1.06 bits per heavy atom. The van der Waals surface area contributed by atoms with Gasteiger partial charge in [-0.05, 0) is 29.8 Å². The smallest absolute Gasteiger partial charge is 0.212 e. The van der Waals surface area contributed by atoms with Crippen LogP contribution in [0.25, 0.3) is 0 Å². The van der Waals surface area contributed by atoms with E-state index in [-0.39, 0.29) is 5.90 Å². The minimum absolute atomic E-state index is 0.203. The predicted octanol–water partition coefficient (Wildman–Crippen LogP) is 3.95. The molecule has 0 amide bonds. The first kappa shape index (κ1) is 12.7. The molecule has 0 atom stereocenters. The number of hydrogen-bond donors (Lipinski definition) is 1. The van der Waals surface area contributed by atoms with E-state index in [1.165, 1.54) is 17.6 Å². The average molecular weight is 257 g/mol. The van der Waals surface area contributed by atoms with Gasteiger partial charge in [0.15, 0.2) is 0 Å². The summed E-state index contributed by atoms with van der Waals surface area (Å²) in [5.41, 5.74) is 2.12. The van der Waals surface area contributed by atoms with E-state index in [9.17, 15) is 0 Å². The van der Waals surface area contributed by atoms with Crippen molar-refractivity contribution in [1.29, 1.82) is 5.41 Å². The molecule has 0 heterocycles. The van der Waals surface area contributed by atoms with Gasteiger partial charge in [0.1, 0.15) is 0 Å². The number of benzene rings is 2. The molecule has 0 radical (unpaired) electrons. The number of nitrogens with one attached hydrogen (secondary N) is 1. The molecule has 0 saturated heterocycles. The van der Waals surface area contributed by atoms with Crippen molar-refractivity contribution >= 4 is 17.7 Å². The molecule has 0 saturated carbocycles. The quantitative estimate of drug-likeness (QED) is 0.511. The lowest BCUT2D eigenvalue weighted by Crippen LogP contribution is -2.00. The van der Waals surface area contributed by atoms with Crippen molar-refractivity contribution in [2.75, 3.05) is 7.11 Å². The molecule has 0 unspecified atom stereocenters. The molecule has 0 fully saturated rings. The fourth-order valence-electron chi connectivity index (χ4n) is 1.56. The molecule has 2 aromatic rings. The second kappa shape index (κ2) is 6.26. The van der Waals surface area contributed by atoms with E-state index in [1.54, 1.807) is 11.8 Å². The Bertz CT molecular complexity index is 508. The standard InChI is InChI=1S/C15H15NOS/c1-17-15(16)13-7-9-14(10-8-13)18-11-12-5-3-2-4-6-12/h2-10,16H,11H2,1H3. The molecule has 1 N–H and O–H groups in total. The van der Waals surface area contributed by atoms with Crippen molar-refractivity contribution in [2.24, 2.45) is 0 Å². The Labute approximate surface area is 112 Å². The molecule has 0 aromatic heterocycles. The van der Waals surface area contributed by atoms with Crippen LogP contribution in [0.2, 0.25) is 0 Å². The lowest BCUT2D eigenvalue weighted by molar-refractivity contribution is 0.401. The lowest BCUT2D eigenvalue weighted by Gasteiger charge is -2.04. The summed E-state index contributed by atoms with van der Waals surface area (Å²) in [6.07, 6.45) is 0. The zero-order valence-electron chi connectivity index (χ0n) is 10.2. The van der Waals surface area contributed by atoms with Gasteiger partial charge >= 0.3 is 0 Å². The van der Waals surface area contributed by atoms with Gasteiger partial charge in [0, 0.05) is 16.2 Å². The van der Waals surface area contributed by atoms with Gasteiger partial charge in [0.25, 0.3) is 0 Å². The highest BCUT2D eigenvalue weighted by Crippen LogP contribution is 2.23. The number of rotatable bonds is 4. The van der Waals surface area contributed by atoms with Gasteiger partial charge in [0.05, 0.1) is 7.11 Å². The van der Waals surface area contributed by atoms with Crippen LogP contribution in [-0.2, 0) is 10.5 Å². The van der Waals surface area contributed by atoms with Crippen molar-refractivity contribution in [2.45, 2.75) is 10.6 Å². The van der Waals surface area contributed by atoms with Crippen molar-refractivity contribution in [3.05, 3.63) is 65.7 Å². The third-order valence-electron chi connectivity index (χ3n) is 2.57. The Balaban J connectivity index is 1.97. The first-order chi connectivity index (χ1) is 8.79. The molecule has 92 valence electrons. The zero-order chi connectivity index (χ0) is 12.8. The van der Waals surface area contributed by atoms with Gasteiger partial charge in [-0.2, -0.15) is 0 Å². The summed E-state index contributed by atoms with van der Waals surface area (Å²) < 4.78 is 4.88. The molecular formula is C15H15NOS. The second-order valence-electron chi connectivity index (χ2n) is 3.83. The number of methoxy groups -OCH3 is 1. The van der Waals surface area contributed by atoms with Crippen molar-refractivity contribution in [3.63, 3.8) is 0 Å². The normalized spacial score (nSPS) is 10.1. The maximum absolute atomic E-state index is 7.56. The fourth-order valence-corrected chi connectivity index (χ4v) is 2.42. The van der Waals surface area contributed by atoms with Gasteiger partial charge in [-0.15, -0.1) is 11.8 Å². The molecule has 2 rings (SSSR count). The third-order valence-corrected chi connectivity index (χ3v) is 3.65. The molecule has 2 aromatic carbocycles. The highest BCUT2D eigenvalue weighted by atomic mass is 32.2. The maximum Gasteiger partial charge on any atom is 0.212 e. The predicted molar refractivity (Wildman–Crippen MR) is 76.3 cm³/mol. The van der Waals surface area contributed by atoms with Crippen LogP contribution in [-0.4, -0.2) is 13.0 Å². The maximum atomic E-state index is 7.56. The molecular weight excluding hydrogens is 242 g/mol. The zero-order valence-corrected chi connectivity index (χ0v) is 11.0. The minimum atomic E-state index is 0.203. The van der Waals surface area contributed by atoms with Crippen LogP contribution in [0.4, 0.5) is 0 Å². The first-order valence-electron chi connectivity index (χ1n) is 5.69. The van der Waals surface area contributed by atoms with Gasteiger partial charge in [-0.3, -0.25) is 5.41 Å². The van der Waals surface area contributed by atoms with Crippen LogP contribution in [0.3, 0.4) is 0 Å². The summed E-state index contributed by atoms with van der Waals surface area (Å²) in [6.45, 7) is 0. The van der Waals surface area contributed by atoms with E-state index in [1.807, 2.05) is 30.3 Å². The molecule has 0 spiro atoms. The van der Waals surface area contributed by atoms with Crippen LogP contribution >= 0.6 is 11.8 Å². The van der Waals surface area contributed by atoms with Crippen LogP contribution in [0.1, 0.15) is 11.1 Å². The minimum Gasteiger partial charge on any atom is -0.481 e. The Morgan fingerprint density at radius 3 is 2.33 bits per heavy atom. The van der Waals surface area contributed by atoms with E-state index in [0.717, 1.165) is 11.3 Å². The first-order valence-corrected chi connectivity index (χ1v) is 6.68. The topological polar surface area (TPSA) is 33.1 Å². The summed E-state index contributed by atoms with van der Waals surface area (Å²) in [5.74, 6) is 1.16. The largest absolute Gasteiger partial charge is 0.481 e. The van der Waals surface area contributed by atoms with Crippen molar-refractivity contribution < 1.29 is 4.74 Å². The third kappa shape index (κ3) is 3.37. The van der Waals surface area contributed by atoms with E-state index >= 15 is 0 Å². The SMILES string of the molecule is COC(=N)c1ccc(SCc2ccccc2)cc1. The molecule has 0 aliphatic heterocycles. The van der Waals surface area contributed by atoms with E-state index in [2.05, 4.69) is 24.3 Å². The Kier molecular flexibility index (Phi) is 4.42. The van der Waals surface area contributed by atoms with E-state index < -0.39 is 0 Å². The van der Waals surface area contributed by atoms with E-state index in [0.29, 0.717) is 0 Å². The summed E-state index contributed by atoms with van der Waals surface area (Å²) in [7, 11) is 1.51. The fraction of sp³-hybridized carbons (Fsp3) is 0.133. The van der Waals surface area contributed by atoms with Gasteiger partial charge in [-0.1, -0.05) is 30.3 Å². The molecule has 0 aliphatic rings. The summed E-state index contributed by atoms with van der Waals surface area (Å²) >= 11 is 1.79. The van der Waals surface area contributed by atoms with Crippen LogP contribution in [0.15, 0.2) is 59.5 Å². The van der Waals surface area contributed by atoms with Crippen LogP contribution in [0.5, 0.6) is 0 Å². The van der Waals surface area contributed by atoms with Crippen LogP contribution in [0, 0.1) is 5.41 Å². The lowest BCUT2D eigenvalue weighted by atomic mass is 10.2. The number of hydrogen-bond acceptors (Lipinski definition) is 3. The average Bonchev–Trinajstić information content (AvgIpc) is 2.46. The van der Waals surface area contributed by atoms with Crippen LogP contribution < -0.4 is 0 Å².